The Balaban J connectivity index is 2.26. The summed E-state index contributed by atoms with van der Waals surface area (Å²) in [5, 5.41) is 0. The van der Waals surface area contributed by atoms with Crippen molar-refractivity contribution < 1.29 is 14.3 Å². The van der Waals surface area contributed by atoms with Gasteiger partial charge in [0.1, 0.15) is 5.75 Å². The van der Waals surface area contributed by atoms with Gasteiger partial charge in [0.25, 0.3) is 5.91 Å². The number of nitrogens with zero attached hydrogens (tertiary/aromatic N) is 1. The monoisotopic (exact) mass is 248 g/mol. The standard InChI is InChI=1S/C13H16N2O3/c1-15-10-7-9(11(16)3-2-6-14)4-5-12(10)18-8-13(15)17/h4-5,7H,2-3,6,8,14H2,1H3. The fraction of sp³-hybridized carbons (Fsp3) is 0.385. The molecule has 0 aromatic heterocycles. The number of rotatable bonds is 4. The average Bonchev–Trinajstić information content (AvgIpc) is 2.40. The van der Waals surface area contributed by atoms with Crippen molar-refractivity contribution in [2.75, 3.05) is 25.1 Å². The van der Waals surface area contributed by atoms with Gasteiger partial charge < -0.3 is 15.4 Å². The molecule has 0 fully saturated rings. The minimum atomic E-state index is -0.117. The summed E-state index contributed by atoms with van der Waals surface area (Å²) >= 11 is 0. The van der Waals surface area contributed by atoms with Gasteiger partial charge in [-0.1, -0.05) is 0 Å². The summed E-state index contributed by atoms with van der Waals surface area (Å²) in [6, 6.07) is 5.15. The van der Waals surface area contributed by atoms with Crippen LogP contribution in [0.3, 0.4) is 0 Å². The minimum absolute atomic E-state index is 0.0367. The van der Waals surface area contributed by atoms with Crippen LogP contribution >= 0.6 is 0 Å². The van der Waals surface area contributed by atoms with Crippen molar-refractivity contribution in [1.82, 2.24) is 0 Å². The van der Waals surface area contributed by atoms with Crippen LogP contribution in [-0.4, -0.2) is 31.9 Å². The number of anilines is 1. The van der Waals surface area contributed by atoms with Gasteiger partial charge in [0.05, 0.1) is 5.69 Å². The molecule has 1 heterocycles. The van der Waals surface area contributed by atoms with Crippen molar-refractivity contribution in [1.29, 1.82) is 0 Å². The van der Waals surface area contributed by atoms with Crippen molar-refractivity contribution >= 4 is 17.4 Å². The first-order valence-electron chi connectivity index (χ1n) is 5.90. The third kappa shape index (κ3) is 2.36. The first-order valence-corrected chi connectivity index (χ1v) is 5.90. The van der Waals surface area contributed by atoms with E-state index >= 15 is 0 Å². The van der Waals surface area contributed by atoms with E-state index < -0.39 is 0 Å². The maximum atomic E-state index is 11.9. The van der Waals surface area contributed by atoms with Crippen LogP contribution in [0.25, 0.3) is 0 Å². The molecule has 1 aliphatic rings. The fourth-order valence-corrected chi connectivity index (χ4v) is 1.85. The molecule has 5 heteroatoms. The number of nitrogens with two attached hydrogens (primary N) is 1. The van der Waals surface area contributed by atoms with E-state index in [1.807, 2.05) is 0 Å². The number of carbonyl (C=O) groups is 2. The lowest BCUT2D eigenvalue weighted by Crippen LogP contribution is -2.35. The van der Waals surface area contributed by atoms with E-state index in [1.165, 1.54) is 4.90 Å². The van der Waals surface area contributed by atoms with Gasteiger partial charge in [0.15, 0.2) is 12.4 Å². The lowest BCUT2D eigenvalue weighted by atomic mass is 10.0. The number of fused-ring (bicyclic) bond motifs is 1. The third-order valence-electron chi connectivity index (χ3n) is 2.98. The number of amides is 1. The normalized spacial score (nSPS) is 14.1. The Morgan fingerprint density at radius 2 is 2.28 bits per heavy atom. The summed E-state index contributed by atoms with van der Waals surface area (Å²) < 4.78 is 5.30. The second-order valence-corrected chi connectivity index (χ2v) is 4.24. The van der Waals surface area contributed by atoms with Gasteiger partial charge in [-0.25, -0.2) is 0 Å². The SMILES string of the molecule is CN1C(=O)COc2ccc(C(=O)CCCN)cc21. The first-order chi connectivity index (χ1) is 8.63. The van der Waals surface area contributed by atoms with Gasteiger partial charge in [-0.05, 0) is 31.2 Å². The highest BCUT2D eigenvalue weighted by molar-refractivity contribution is 6.01. The van der Waals surface area contributed by atoms with Crippen LogP contribution in [-0.2, 0) is 4.79 Å². The van der Waals surface area contributed by atoms with Crippen LogP contribution in [0, 0.1) is 0 Å². The molecule has 1 aromatic carbocycles. The molecule has 96 valence electrons. The van der Waals surface area contributed by atoms with Gasteiger partial charge in [-0.2, -0.15) is 0 Å². The van der Waals surface area contributed by atoms with E-state index in [-0.39, 0.29) is 18.3 Å². The highest BCUT2D eigenvalue weighted by atomic mass is 16.5. The Kier molecular flexibility index (Phi) is 3.62. The van der Waals surface area contributed by atoms with Gasteiger partial charge >= 0.3 is 0 Å². The van der Waals surface area contributed by atoms with Gasteiger partial charge in [-0.15, -0.1) is 0 Å². The van der Waals surface area contributed by atoms with Crippen LogP contribution in [0.1, 0.15) is 23.2 Å². The zero-order valence-electron chi connectivity index (χ0n) is 10.3. The Labute approximate surface area is 106 Å². The number of likely N-dealkylation sites (N-methyl/N-ethyl adjacent to an activating group) is 1. The highest BCUT2D eigenvalue weighted by Gasteiger charge is 2.23. The zero-order chi connectivity index (χ0) is 13.1. The third-order valence-corrected chi connectivity index (χ3v) is 2.98. The number of Topliss-reactive ketones (excluding diaryl/α,β-unsaturated/α-hetero) is 1. The predicted molar refractivity (Wildman–Crippen MR) is 68.0 cm³/mol. The molecule has 5 nitrogen and oxygen atoms in total. The lowest BCUT2D eigenvalue weighted by molar-refractivity contribution is -0.120. The summed E-state index contributed by atoms with van der Waals surface area (Å²) in [6.45, 7) is 0.544. The zero-order valence-corrected chi connectivity index (χ0v) is 10.3. The quantitative estimate of drug-likeness (QED) is 0.806. The Morgan fingerprint density at radius 1 is 1.50 bits per heavy atom. The number of benzene rings is 1. The molecule has 0 aliphatic carbocycles. The molecule has 0 bridgehead atoms. The molecule has 2 rings (SSSR count). The number of hydrogen-bond donors (Lipinski definition) is 1. The Morgan fingerprint density at radius 3 is 3.00 bits per heavy atom. The fourth-order valence-electron chi connectivity index (χ4n) is 1.85. The van der Waals surface area contributed by atoms with Crippen LogP contribution in [0.2, 0.25) is 0 Å². The van der Waals surface area contributed by atoms with Gasteiger partial charge in [-0.3, -0.25) is 9.59 Å². The summed E-state index contributed by atoms with van der Waals surface area (Å²) in [4.78, 5) is 24.9. The lowest BCUT2D eigenvalue weighted by Gasteiger charge is -2.26. The second-order valence-electron chi connectivity index (χ2n) is 4.24. The second kappa shape index (κ2) is 5.18. The van der Waals surface area contributed by atoms with Crippen molar-refractivity contribution in [2.24, 2.45) is 5.73 Å². The van der Waals surface area contributed by atoms with E-state index in [0.717, 1.165) is 0 Å². The smallest absolute Gasteiger partial charge is 0.264 e. The molecule has 18 heavy (non-hydrogen) atoms. The van der Waals surface area contributed by atoms with E-state index in [2.05, 4.69) is 0 Å². The van der Waals surface area contributed by atoms with E-state index in [0.29, 0.717) is 36.4 Å². The molecule has 0 spiro atoms. The Bertz CT molecular complexity index is 485. The van der Waals surface area contributed by atoms with Crippen molar-refractivity contribution in [2.45, 2.75) is 12.8 Å². The largest absolute Gasteiger partial charge is 0.482 e. The molecular weight excluding hydrogens is 232 g/mol. The molecule has 1 aromatic rings. The maximum Gasteiger partial charge on any atom is 0.264 e. The van der Waals surface area contributed by atoms with Crippen LogP contribution in [0.4, 0.5) is 5.69 Å². The number of hydrogen-bond acceptors (Lipinski definition) is 4. The van der Waals surface area contributed by atoms with Crippen molar-refractivity contribution in [3.8, 4) is 5.75 Å². The molecule has 1 amide bonds. The van der Waals surface area contributed by atoms with E-state index in [9.17, 15) is 9.59 Å². The van der Waals surface area contributed by atoms with E-state index in [4.69, 9.17) is 10.5 Å². The van der Waals surface area contributed by atoms with Crippen LogP contribution < -0.4 is 15.4 Å². The van der Waals surface area contributed by atoms with Crippen molar-refractivity contribution in [3.05, 3.63) is 23.8 Å². The van der Waals surface area contributed by atoms with Gasteiger partial charge in [0, 0.05) is 19.0 Å². The van der Waals surface area contributed by atoms with Crippen LogP contribution in [0.15, 0.2) is 18.2 Å². The van der Waals surface area contributed by atoms with Crippen LogP contribution in [0.5, 0.6) is 5.75 Å². The molecule has 1 aliphatic heterocycles. The number of carbonyl (C=O) groups excluding carboxylic acids is 2. The molecule has 2 N–H and O–H groups in total. The van der Waals surface area contributed by atoms with Crippen molar-refractivity contribution in [3.63, 3.8) is 0 Å². The summed E-state index contributed by atoms with van der Waals surface area (Å²) in [5.74, 6) is 0.552. The molecule has 0 saturated carbocycles. The number of ether oxygens (including phenoxy) is 1. The molecule has 0 radical (unpaired) electrons. The predicted octanol–water partition coefficient (Wildman–Crippen LogP) is 0.963. The van der Waals surface area contributed by atoms with E-state index in [1.54, 1.807) is 25.2 Å². The topological polar surface area (TPSA) is 72.6 Å². The molecule has 0 unspecified atom stereocenters. The summed E-state index contributed by atoms with van der Waals surface area (Å²) in [6.07, 6.45) is 1.09. The molecule has 0 atom stereocenters. The molecular formula is C13H16N2O3. The highest BCUT2D eigenvalue weighted by Crippen LogP contribution is 2.32. The summed E-state index contributed by atoms with van der Waals surface area (Å²) in [7, 11) is 1.68. The Hall–Kier alpha value is -1.88. The summed E-state index contributed by atoms with van der Waals surface area (Å²) in [5.41, 5.74) is 6.61. The number of ketones is 1. The van der Waals surface area contributed by atoms with Gasteiger partial charge in [0.2, 0.25) is 0 Å². The minimum Gasteiger partial charge on any atom is -0.482 e. The molecule has 0 saturated heterocycles. The average molecular weight is 248 g/mol. The maximum absolute atomic E-state index is 11.9. The first kappa shape index (κ1) is 12.6.